The molecular formula is C22H12N2O7S. The second-order valence-electron chi connectivity index (χ2n) is 6.55. The highest BCUT2D eigenvalue weighted by atomic mass is 32.2. The summed E-state index contributed by atoms with van der Waals surface area (Å²) in [5.74, 6) is -1.80. The molecule has 1 aromatic heterocycles. The minimum atomic E-state index is -4.49. The number of rotatable bonds is 5. The molecule has 4 aromatic rings. The number of hydrogen-bond acceptors (Lipinski definition) is 8. The Balaban J connectivity index is 1.77. The summed E-state index contributed by atoms with van der Waals surface area (Å²) in [6, 6.07) is 17.2. The van der Waals surface area contributed by atoms with Gasteiger partial charge in [0.25, 0.3) is 5.43 Å². The molecule has 0 fully saturated rings. The zero-order valence-corrected chi connectivity index (χ0v) is 16.9. The van der Waals surface area contributed by atoms with Gasteiger partial charge >= 0.3 is 15.8 Å². The molecule has 0 bridgehead atoms. The summed E-state index contributed by atoms with van der Waals surface area (Å²) >= 11 is 0. The van der Waals surface area contributed by atoms with Crippen molar-refractivity contribution in [3.05, 3.63) is 99.1 Å². The van der Waals surface area contributed by atoms with Gasteiger partial charge in [0.05, 0.1) is 5.56 Å². The topological polar surface area (TPSA) is 142 Å². The Morgan fingerprint density at radius 1 is 1.00 bits per heavy atom. The average molecular weight is 448 g/mol. The first-order chi connectivity index (χ1) is 15.3. The molecule has 4 rings (SSSR count). The molecule has 0 amide bonds. The number of hydrogen-bond donors (Lipinski definition) is 0. The Labute approximate surface area is 180 Å². The second kappa shape index (κ2) is 7.98. The highest BCUT2D eigenvalue weighted by molar-refractivity contribution is 7.87. The quantitative estimate of drug-likeness (QED) is 0.257. The molecule has 0 aliphatic carbocycles. The van der Waals surface area contributed by atoms with Crippen molar-refractivity contribution in [2.45, 2.75) is 4.90 Å². The highest BCUT2D eigenvalue weighted by Gasteiger charge is 2.24. The Hall–Kier alpha value is -4.49. The number of carbonyl (C=O) groups is 1. The number of para-hydroxylation sites is 1. The number of diazo groups is 1. The van der Waals surface area contributed by atoms with Gasteiger partial charge in [-0.1, -0.05) is 42.5 Å². The Bertz CT molecular complexity index is 1570. The van der Waals surface area contributed by atoms with E-state index in [1.54, 1.807) is 36.4 Å². The molecule has 0 unspecified atom stereocenters. The van der Waals surface area contributed by atoms with Crippen LogP contribution in [0.1, 0.15) is 15.9 Å². The van der Waals surface area contributed by atoms with Crippen LogP contribution in [-0.2, 0) is 10.1 Å². The van der Waals surface area contributed by atoms with Gasteiger partial charge in [0.2, 0.25) is 5.39 Å². The fraction of sp³-hybridized carbons (Fsp3) is 0. The predicted octanol–water partition coefficient (Wildman–Crippen LogP) is 3.35. The minimum Gasteiger partial charge on any atom is -0.573 e. The molecule has 0 atom stereocenters. The maximum atomic E-state index is 12.9. The lowest BCUT2D eigenvalue weighted by atomic mass is 10.0. The van der Waals surface area contributed by atoms with E-state index in [9.17, 15) is 23.1 Å². The van der Waals surface area contributed by atoms with E-state index in [1.165, 1.54) is 18.2 Å². The molecule has 0 saturated heterocycles. The third-order valence-electron chi connectivity index (χ3n) is 4.56. The van der Waals surface area contributed by atoms with Gasteiger partial charge < -0.3 is 13.7 Å². The van der Waals surface area contributed by atoms with Crippen molar-refractivity contribution in [3.63, 3.8) is 0 Å². The molecule has 158 valence electrons. The zero-order chi connectivity index (χ0) is 22.9. The summed E-state index contributed by atoms with van der Waals surface area (Å²) in [6.07, 6.45) is 0. The van der Waals surface area contributed by atoms with E-state index in [1.807, 2.05) is 0 Å². The molecule has 0 aliphatic heterocycles. The summed E-state index contributed by atoms with van der Waals surface area (Å²) in [7, 11) is -4.49. The first-order valence-electron chi connectivity index (χ1n) is 9.08. The van der Waals surface area contributed by atoms with Crippen molar-refractivity contribution in [1.29, 1.82) is 5.39 Å². The fourth-order valence-electron chi connectivity index (χ4n) is 3.02. The van der Waals surface area contributed by atoms with E-state index in [0.29, 0.717) is 5.56 Å². The molecule has 3 aromatic carbocycles. The summed E-state index contributed by atoms with van der Waals surface area (Å²) in [6.45, 7) is 0. The second-order valence-corrected chi connectivity index (χ2v) is 8.10. The summed E-state index contributed by atoms with van der Waals surface area (Å²) in [5, 5.41) is 20.2. The number of benzene rings is 3. The molecule has 0 aliphatic rings. The van der Waals surface area contributed by atoms with Gasteiger partial charge in [0, 0.05) is 16.5 Å². The van der Waals surface area contributed by atoms with Crippen LogP contribution in [0, 0.1) is 5.39 Å². The third-order valence-corrected chi connectivity index (χ3v) is 5.79. The van der Waals surface area contributed by atoms with E-state index >= 15 is 0 Å². The van der Waals surface area contributed by atoms with Crippen molar-refractivity contribution in [3.8, 4) is 11.7 Å². The van der Waals surface area contributed by atoms with Crippen LogP contribution in [0.2, 0.25) is 0 Å². The Kier molecular flexibility index (Phi) is 5.18. The van der Waals surface area contributed by atoms with E-state index in [-0.39, 0.29) is 22.3 Å². The molecule has 0 spiro atoms. The van der Waals surface area contributed by atoms with Gasteiger partial charge in [-0.05, 0) is 30.3 Å². The van der Waals surface area contributed by atoms with Crippen molar-refractivity contribution < 1.29 is 26.9 Å². The first-order valence-corrected chi connectivity index (χ1v) is 10.5. The minimum absolute atomic E-state index is 0.0277. The summed E-state index contributed by atoms with van der Waals surface area (Å²) in [5.41, 5.74) is -1.70. The van der Waals surface area contributed by atoms with Crippen LogP contribution in [0.25, 0.3) is 15.9 Å². The maximum absolute atomic E-state index is 12.9. The largest absolute Gasteiger partial charge is 0.573 e. The molecular weight excluding hydrogens is 436 g/mol. The predicted molar refractivity (Wildman–Crippen MR) is 111 cm³/mol. The SMILES string of the molecule is N#[N+]c1c([O-])oc2ccc(S(=O)(=O)Oc3ccccc3C(=O)c3ccccc3)cc2c1=O. The van der Waals surface area contributed by atoms with E-state index < -0.39 is 37.9 Å². The molecule has 1 heterocycles. The van der Waals surface area contributed by atoms with Crippen molar-refractivity contribution in [2.24, 2.45) is 0 Å². The molecule has 0 radical (unpaired) electrons. The van der Waals surface area contributed by atoms with E-state index in [2.05, 4.69) is 4.98 Å². The standard InChI is InChI=1S/C22H12N2O7S/c23-24-19-21(26)16-12-14(10-11-17(16)30-22(19)27)32(28,29)31-18-9-5-4-8-15(18)20(25)13-6-2-1-3-7-13/h1-12H. The highest BCUT2D eigenvalue weighted by Crippen LogP contribution is 2.29. The van der Waals surface area contributed by atoms with Crippen LogP contribution >= 0.6 is 0 Å². The summed E-state index contributed by atoms with van der Waals surface area (Å²) in [4.78, 5) is 27.3. The molecule has 32 heavy (non-hydrogen) atoms. The van der Waals surface area contributed by atoms with Crippen molar-refractivity contribution in [2.75, 3.05) is 0 Å². The van der Waals surface area contributed by atoms with Crippen molar-refractivity contribution >= 4 is 32.6 Å². The van der Waals surface area contributed by atoms with Gasteiger partial charge in [0.15, 0.2) is 22.5 Å². The van der Waals surface area contributed by atoms with Crippen LogP contribution in [0.5, 0.6) is 11.7 Å². The molecule has 10 heteroatoms. The lowest BCUT2D eigenvalue weighted by Crippen LogP contribution is -2.14. The van der Waals surface area contributed by atoms with Crippen molar-refractivity contribution in [1.82, 2.24) is 0 Å². The van der Waals surface area contributed by atoms with Crippen LogP contribution in [0.15, 0.2) is 86.9 Å². The Morgan fingerprint density at radius 3 is 2.41 bits per heavy atom. The van der Waals surface area contributed by atoms with Gasteiger partial charge in [-0.25, -0.2) is 0 Å². The molecule has 0 N–H and O–H groups in total. The average Bonchev–Trinajstić information content (AvgIpc) is 2.79. The van der Waals surface area contributed by atoms with Crippen LogP contribution in [0.3, 0.4) is 0 Å². The smallest absolute Gasteiger partial charge is 0.454 e. The first kappa shape index (κ1) is 20.8. The van der Waals surface area contributed by atoms with Crippen LogP contribution < -0.4 is 14.7 Å². The zero-order valence-electron chi connectivity index (χ0n) is 16.1. The lowest BCUT2D eigenvalue weighted by molar-refractivity contribution is -0.292. The fourth-order valence-corrected chi connectivity index (χ4v) is 4.00. The third kappa shape index (κ3) is 3.68. The normalized spacial score (nSPS) is 11.1. The van der Waals surface area contributed by atoms with Gasteiger partial charge in [-0.3, -0.25) is 9.59 Å². The van der Waals surface area contributed by atoms with Gasteiger partial charge in [0.1, 0.15) is 4.90 Å². The number of nitrogens with zero attached hydrogens (tertiary/aromatic N) is 2. The number of carbonyl (C=O) groups excluding carboxylic acids is 1. The van der Waals surface area contributed by atoms with E-state index in [4.69, 9.17) is 14.0 Å². The number of fused-ring (bicyclic) bond motifs is 1. The number of ketones is 1. The lowest BCUT2D eigenvalue weighted by Gasteiger charge is -2.12. The van der Waals surface area contributed by atoms with Gasteiger partial charge in [-0.2, -0.15) is 8.42 Å². The summed E-state index contributed by atoms with van der Waals surface area (Å²) < 4.78 is 35.9. The van der Waals surface area contributed by atoms with Crippen LogP contribution in [0.4, 0.5) is 5.69 Å². The molecule has 9 nitrogen and oxygen atoms in total. The van der Waals surface area contributed by atoms with Gasteiger partial charge in [-0.15, -0.1) is 0 Å². The van der Waals surface area contributed by atoms with Crippen LogP contribution in [-0.4, -0.2) is 14.2 Å². The molecule has 0 saturated carbocycles. The Morgan fingerprint density at radius 2 is 1.69 bits per heavy atom. The van der Waals surface area contributed by atoms with E-state index in [0.717, 1.165) is 18.2 Å². The maximum Gasteiger partial charge on any atom is 0.454 e. The monoisotopic (exact) mass is 448 g/mol.